The second-order valence-electron chi connectivity index (χ2n) is 11.5. The summed E-state index contributed by atoms with van der Waals surface area (Å²) in [4.78, 5) is 49.7. The van der Waals surface area contributed by atoms with Gasteiger partial charge in [-0.3, -0.25) is 35.4 Å². The summed E-state index contributed by atoms with van der Waals surface area (Å²) in [7, 11) is 0. The lowest BCUT2D eigenvalue weighted by atomic mass is 9.92. The van der Waals surface area contributed by atoms with E-state index in [1.54, 1.807) is 20.8 Å². The Labute approximate surface area is 275 Å². The fraction of sp³-hybridized carbons (Fsp3) is 0.741. The summed E-state index contributed by atoms with van der Waals surface area (Å²) >= 11 is 0. The Kier molecular flexibility index (Phi) is 21.6. The zero-order chi connectivity index (χ0) is 35.7. The Morgan fingerprint density at radius 1 is 0.532 bits per heavy atom. The molecule has 0 bridgehead atoms. The molecule has 0 atom stereocenters. The van der Waals surface area contributed by atoms with E-state index in [0.29, 0.717) is 19.6 Å². The van der Waals surface area contributed by atoms with Crippen LogP contribution in [0.1, 0.15) is 40.0 Å². The van der Waals surface area contributed by atoms with E-state index in [2.05, 4.69) is 37.2 Å². The third kappa shape index (κ3) is 24.5. The number of carbonyl (C=O) groups excluding carboxylic acids is 4. The molecule has 270 valence electrons. The second-order valence-corrected chi connectivity index (χ2v) is 11.5. The Balaban J connectivity index is 5.33. The van der Waals surface area contributed by atoms with Crippen LogP contribution in [0.3, 0.4) is 0 Å². The van der Waals surface area contributed by atoms with E-state index in [1.165, 1.54) is 0 Å². The predicted octanol–water partition coefficient (Wildman–Crippen LogP) is -4.09. The molecule has 0 aromatic rings. The zero-order valence-corrected chi connectivity index (χ0v) is 27.7. The summed E-state index contributed by atoms with van der Waals surface area (Å²) < 4.78 is 17.5. The monoisotopic (exact) mass is 673 g/mol. The van der Waals surface area contributed by atoms with Gasteiger partial charge in [0.1, 0.15) is 5.54 Å². The molecular formula is C27H55N13O7. The molecule has 0 unspecified atom stereocenters. The van der Waals surface area contributed by atoms with Gasteiger partial charge in [0.15, 0.2) is 17.9 Å². The highest BCUT2D eigenvalue weighted by Crippen LogP contribution is 2.18. The van der Waals surface area contributed by atoms with E-state index >= 15 is 0 Å². The average Bonchev–Trinajstić information content (AvgIpc) is 2.97. The first-order chi connectivity index (χ1) is 22.1. The van der Waals surface area contributed by atoms with E-state index in [4.69, 9.17) is 47.6 Å². The molecule has 16 N–H and O–H groups in total. The minimum absolute atomic E-state index is 0.00647. The molecule has 20 nitrogen and oxygen atoms in total. The molecule has 0 rings (SSSR count). The maximum Gasteiger partial charge on any atom is 0.226 e. The second kappa shape index (κ2) is 23.8. The fourth-order valence-corrected chi connectivity index (χ4v) is 3.42. The quantitative estimate of drug-likeness (QED) is 0.0249. The van der Waals surface area contributed by atoms with Crippen LogP contribution >= 0.6 is 0 Å². The van der Waals surface area contributed by atoms with Crippen molar-refractivity contribution in [2.75, 3.05) is 78.9 Å². The lowest BCUT2D eigenvalue weighted by Crippen LogP contribution is -2.60. The van der Waals surface area contributed by atoms with Crippen molar-refractivity contribution in [3.05, 3.63) is 0 Å². The van der Waals surface area contributed by atoms with Gasteiger partial charge in [0.25, 0.3) is 0 Å². The molecule has 4 amide bonds. The van der Waals surface area contributed by atoms with Gasteiger partial charge in [-0.25, -0.2) is 0 Å². The Hall–Kier alpha value is -4.43. The number of hydrogen-bond donors (Lipinski definition) is 13. The number of amides is 4. The van der Waals surface area contributed by atoms with Crippen molar-refractivity contribution in [1.82, 2.24) is 37.2 Å². The molecule has 0 spiro atoms. The molecule has 0 saturated heterocycles. The minimum Gasteiger partial charge on any atom is -0.378 e. The molecule has 0 aliphatic carbocycles. The van der Waals surface area contributed by atoms with Gasteiger partial charge < -0.3 is 68.6 Å². The van der Waals surface area contributed by atoms with Gasteiger partial charge in [0.2, 0.25) is 23.6 Å². The fourth-order valence-electron chi connectivity index (χ4n) is 3.42. The highest BCUT2D eigenvalue weighted by Gasteiger charge is 2.37. The third-order valence-corrected chi connectivity index (χ3v) is 5.90. The highest BCUT2D eigenvalue weighted by molar-refractivity contribution is 5.82. The molecule has 0 fully saturated rings. The molecule has 0 aliphatic rings. The average molecular weight is 674 g/mol. The number of rotatable bonds is 25. The van der Waals surface area contributed by atoms with Crippen molar-refractivity contribution < 1.29 is 33.4 Å². The van der Waals surface area contributed by atoms with Crippen LogP contribution in [0.4, 0.5) is 0 Å². The van der Waals surface area contributed by atoms with Gasteiger partial charge in [0, 0.05) is 63.9 Å². The van der Waals surface area contributed by atoms with Crippen LogP contribution in [0, 0.1) is 21.6 Å². The van der Waals surface area contributed by atoms with Gasteiger partial charge in [-0.1, -0.05) is 20.8 Å². The van der Waals surface area contributed by atoms with Crippen molar-refractivity contribution in [3.63, 3.8) is 0 Å². The molecular weight excluding hydrogens is 618 g/mol. The lowest BCUT2D eigenvalue weighted by molar-refractivity contribution is -0.136. The molecule has 0 heterocycles. The summed E-state index contributed by atoms with van der Waals surface area (Å²) in [5.41, 5.74) is 13.6. The van der Waals surface area contributed by atoms with Gasteiger partial charge in [-0.2, -0.15) is 0 Å². The van der Waals surface area contributed by atoms with Gasteiger partial charge in [-0.15, -0.1) is 0 Å². The van der Waals surface area contributed by atoms with Gasteiger partial charge >= 0.3 is 0 Å². The van der Waals surface area contributed by atoms with Gasteiger partial charge in [0.05, 0.1) is 39.6 Å². The summed E-state index contributed by atoms with van der Waals surface area (Å²) in [6.07, 6.45) is 0.0488. The van der Waals surface area contributed by atoms with E-state index in [1.807, 2.05) is 0 Å². The SMILES string of the molecule is CC(C)(C)C(=O)NC(COCCC(=O)NCCNC(=N)N)(COCCC(=O)NCCNC(=N)N)COCCC(=O)NCCNC(=N)N. The maximum atomic E-state index is 13.1. The van der Waals surface area contributed by atoms with E-state index in [-0.39, 0.29) is 120 Å². The standard InChI is InChI=1S/C27H55N13O7/c1-26(2,3)22(44)40-27(16-45-13-4-19(41)34-7-10-37-23(28)29,17-46-14-5-20(42)35-8-11-38-24(30)31)18-47-15-6-21(43)36-9-12-39-25(32)33/h4-18H2,1-3H3,(H,34,41)(H,35,42)(H,36,43)(H,40,44)(H4,28,29,37)(H4,30,31,38)(H4,32,33,39). The van der Waals surface area contributed by atoms with Crippen LogP contribution in [0.15, 0.2) is 0 Å². The van der Waals surface area contributed by atoms with Crippen LogP contribution < -0.4 is 54.4 Å². The molecule has 0 aromatic heterocycles. The molecule has 20 heteroatoms. The first kappa shape index (κ1) is 42.6. The Bertz CT molecular complexity index is 919. The van der Waals surface area contributed by atoms with E-state index in [0.717, 1.165) is 0 Å². The number of nitrogens with one attached hydrogen (secondary N) is 10. The molecule has 0 aromatic carbocycles. The summed E-state index contributed by atoms with van der Waals surface area (Å²) in [5, 5.41) is 40.1. The van der Waals surface area contributed by atoms with Gasteiger partial charge in [-0.05, 0) is 0 Å². The third-order valence-electron chi connectivity index (χ3n) is 5.90. The van der Waals surface area contributed by atoms with E-state index < -0.39 is 11.0 Å². The van der Waals surface area contributed by atoms with Crippen molar-refractivity contribution in [2.45, 2.75) is 45.6 Å². The highest BCUT2D eigenvalue weighted by atomic mass is 16.5. The van der Waals surface area contributed by atoms with Crippen LogP contribution in [0.5, 0.6) is 0 Å². The van der Waals surface area contributed by atoms with Crippen LogP contribution in [-0.2, 0) is 33.4 Å². The lowest BCUT2D eigenvalue weighted by Gasteiger charge is -2.36. The largest absolute Gasteiger partial charge is 0.378 e. The topological polar surface area (TPSA) is 330 Å². The summed E-state index contributed by atoms with van der Waals surface area (Å²) in [6, 6.07) is 0. The zero-order valence-electron chi connectivity index (χ0n) is 27.7. The Morgan fingerprint density at radius 2 is 0.809 bits per heavy atom. The normalized spacial score (nSPS) is 12.1. The minimum atomic E-state index is -1.24. The molecule has 0 saturated carbocycles. The maximum absolute atomic E-state index is 13.1. The molecule has 0 radical (unpaired) electrons. The number of nitrogens with two attached hydrogens (primary N) is 3. The number of guanidine groups is 3. The van der Waals surface area contributed by atoms with Crippen molar-refractivity contribution in [1.29, 1.82) is 16.2 Å². The Morgan fingerprint density at radius 3 is 1.06 bits per heavy atom. The first-order valence-electron chi connectivity index (χ1n) is 15.2. The number of carbonyl (C=O) groups is 4. The first-order valence-corrected chi connectivity index (χ1v) is 15.2. The smallest absolute Gasteiger partial charge is 0.226 e. The van der Waals surface area contributed by atoms with Crippen molar-refractivity contribution in [3.8, 4) is 0 Å². The van der Waals surface area contributed by atoms with E-state index in [9.17, 15) is 19.2 Å². The van der Waals surface area contributed by atoms with Crippen LogP contribution in [0.25, 0.3) is 0 Å². The predicted molar refractivity (Wildman–Crippen MR) is 175 cm³/mol. The van der Waals surface area contributed by atoms with Crippen molar-refractivity contribution in [2.24, 2.45) is 22.6 Å². The van der Waals surface area contributed by atoms with Crippen LogP contribution in [-0.4, -0.2) is 126 Å². The summed E-state index contributed by atoms with van der Waals surface area (Å²) in [6.45, 7) is 6.53. The summed E-state index contributed by atoms with van der Waals surface area (Å²) in [5.74, 6) is -1.80. The number of ether oxygens (including phenoxy) is 3. The number of hydrogen-bond acceptors (Lipinski definition) is 10. The molecule has 47 heavy (non-hydrogen) atoms. The van der Waals surface area contributed by atoms with Crippen molar-refractivity contribution >= 4 is 41.5 Å². The van der Waals surface area contributed by atoms with Crippen LogP contribution in [0.2, 0.25) is 0 Å². The molecule has 0 aliphatic heterocycles.